The lowest BCUT2D eigenvalue weighted by Crippen LogP contribution is -2.07. The summed E-state index contributed by atoms with van der Waals surface area (Å²) in [6, 6.07) is 0.958. The van der Waals surface area contributed by atoms with Gasteiger partial charge in [-0.1, -0.05) is 23.8 Å². The third kappa shape index (κ3) is 3.68. The summed E-state index contributed by atoms with van der Waals surface area (Å²) in [7, 11) is 0. The molecule has 0 radical (unpaired) electrons. The average Bonchev–Trinajstić information content (AvgIpc) is 2.19. The monoisotopic (exact) mass is 269 g/mol. The van der Waals surface area contributed by atoms with Crippen LogP contribution in [-0.2, 0) is 6.18 Å². The van der Waals surface area contributed by atoms with Crippen LogP contribution in [0.4, 0.5) is 13.2 Å². The highest BCUT2D eigenvalue weighted by atomic mass is 35.5. The molecule has 88 valence electrons. The highest BCUT2D eigenvalue weighted by molar-refractivity contribution is 6.30. The van der Waals surface area contributed by atoms with Crippen LogP contribution in [0, 0.1) is 0 Å². The van der Waals surface area contributed by atoms with Gasteiger partial charge in [-0.15, -0.1) is 11.6 Å². The molecule has 0 aliphatic heterocycles. The Morgan fingerprint density at radius 3 is 2.62 bits per heavy atom. The topological polar surface area (TPSA) is 12.9 Å². The first-order valence-corrected chi connectivity index (χ1v) is 5.31. The number of hydrogen-bond acceptors (Lipinski definition) is 1. The number of alkyl halides is 4. The molecule has 0 spiro atoms. The zero-order chi connectivity index (χ0) is 12.2. The Labute approximate surface area is 101 Å². The number of hydrogen-bond donors (Lipinski definition) is 0. The van der Waals surface area contributed by atoms with Crippen molar-refractivity contribution in [3.63, 3.8) is 0 Å². The molecule has 1 nitrogen and oxygen atoms in total. The molecule has 0 aromatic carbocycles. The molecule has 0 fully saturated rings. The van der Waals surface area contributed by atoms with E-state index in [9.17, 15) is 13.2 Å². The van der Waals surface area contributed by atoms with Crippen molar-refractivity contribution in [2.75, 3.05) is 5.88 Å². The summed E-state index contributed by atoms with van der Waals surface area (Å²) in [5.74, 6) is 0.420. The Morgan fingerprint density at radius 2 is 2.06 bits per heavy atom. The molecule has 0 atom stereocenters. The van der Waals surface area contributed by atoms with Gasteiger partial charge in [0.1, 0.15) is 5.15 Å². The van der Waals surface area contributed by atoms with E-state index < -0.39 is 16.9 Å². The standard InChI is InChI=1S/C10H8Cl2F3N/c11-4-2-1-3-7-5-8(10(13,14)15)9(12)16-6-7/h1,3,5-6H,2,4H2. The fraction of sp³-hybridized carbons (Fsp3) is 0.300. The first kappa shape index (κ1) is 13.3. The van der Waals surface area contributed by atoms with E-state index >= 15 is 0 Å². The van der Waals surface area contributed by atoms with Gasteiger partial charge in [0.05, 0.1) is 5.56 Å². The molecule has 1 rings (SSSR count). The van der Waals surface area contributed by atoms with Crippen molar-refractivity contribution in [2.45, 2.75) is 12.6 Å². The van der Waals surface area contributed by atoms with Crippen LogP contribution >= 0.6 is 23.2 Å². The van der Waals surface area contributed by atoms with E-state index in [1.54, 1.807) is 6.08 Å². The van der Waals surface area contributed by atoms with Crippen LogP contribution in [-0.4, -0.2) is 10.9 Å². The number of aromatic nitrogens is 1. The van der Waals surface area contributed by atoms with Gasteiger partial charge < -0.3 is 0 Å². The molecule has 6 heteroatoms. The molecule has 0 saturated carbocycles. The molecular formula is C10H8Cl2F3N. The zero-order valence-corrected chi connectivity index (χ0v) is 9.57. The predicted molar refractivity (Wildman–Crippen MR) is 58.6 cm³/mol. The van der Waals surface area contributed by atoms with Crippen molar-refractivity contribution in [1.82, 2.24) is 4.98 Å². The van der Waals surface area contributed by atoms with Crippen LogP contribution in [0.1, 0.15) is 17.5 Å². The van der Waals surface area contributed by atoms with Gasteiger partial charge in [0.15, 0.2) is 0 Å². The summed E-state index contributed by atoms with van der Waals surface area (Å²) in [6.07, 6.45) is 0.591. The van der Waals surface area contributed by atoms with E-state index in [0.717, 1.165) is 6.07 Å². The Hall–Kier alpha value is -0.740. The first-order chi connectivity index (χ1) is 7.45. The number of pyridine rings is 1. The number of nitrogens with zero attached hydrogens (tertiary/aromatic N) is 1. The molecule has 0 aliphatic rings. The summed E-state index contributed by atoms with van der Waals surface area (Å²) in [6.45, 7) is 0. The van der Waals surface area contributed by atoms with Gasteiger partial charge in [0, 0.05) is 12.1 Å². The Bertz CT molecular complexity index is 388. The van der Waals surface area contributed by atoms with Crippen LogP contribution < -0.4 is 0 Å². The quantitative estimate of drug-likeness (QED) is 0.586. The van der Waals surface area contributed by atoms with Gasteiger partial charge in [-0.2, -0.15) is 13.2 Å². The van der Waals surface area contributed by atoms with Crippen molar-refractivity contribution < 1.29 is 13.2 Å². The fourth-order valence-electron chi connectivity index (χ4n) is 1.04. The third-order valence-corrected chi connectivity index (χ3v) is 2.27. The lowest BCUT2D eigenvalue weighted by atomic mass is 10.2. The lowest BCUT2D eigenvalue weighted by Gasteiger charge is -2.08. The minimum Gasteiger partial charge on any atom is -0.243 e. The second-order valence-electron chi connectivity index (χ2n) is 2.98. The van der Waals surface area contributed by atoms with Crippen LogP contribution in [0.5, 0.6) is 0 Å². The number of rotatable bonds is 3. The maximum absolute atomic E-state index is 12.4. The molecule has 1 heterocycles. The Balaban J connectivity index is 2.99. The van der Waals surface area contributed by atoms with Crippen molar-refractivity contribution in [2.24, 2.45) is 0 Å². The maximum atomic E-state index is 12.4. The van der Waals surface area contributed by atoms with Crippen molar-refractivity contribution in [1.29, 1.82) is 0 Å². The fourth-order valence-corrected chi connectivity index (χ4v) is 1.37. The molecular weight excluding hydrogens is 262 g/mol. The molecule has 0 N–H and O–H groups in total. The Kier molecular flexibility index (Phi) is 4.62. The highest BCUT2D eigenvalue weighted by Crippen LogP contribution is 2.34. The van der Waals surface area contributed by atoms with Gasteiger partial charge in [-0.05, 0) is 18.1 Å². The Morgan fingerprint density at radius 1 is 1.38 bits per heavy atom. The van der Waals surface area contributed by atoms with Gasteiger partial charge in [0.2, 0.25) is 0 Å². The molecule has 16 heavy (non-hydrogen) atoms. The van der Waals surface area contributed by atoms with Crippen molar-refractivity contribution in [3.8, 4) is 0 Å². The van der Waals surface area contributed by atoms with Crippen LogP contribution in [0.2, 0.25) is 5.15 Å². The summed E-state index contributed by atoms with van der Waals surface area (Å²) in [4.78, 5) is 3.49. The predicted octanol–water partition coefficient (Wildman–Crippen LogP) is 4.40. The SMILES string of the molecule is FC(F)(F)c1cc(C=CCCCl)cnc1Cl. The third-order valence-electron chi connectivity index (χ3n) is 1.75. The van der Waals surface area contributed by atoms with Gasteiger partial charge in [-0.3, -0.25) is 0 Å². The van der Waals surface area contributed by atoms with E-state index in [0.29, 0.717) is 17.9 Å². The highest BCUT2D eigenvalue weighted by Gasteiger charge is 2.33. The maximum Gasteiger partial charge on any atom is 0.419 e. The second kappa shape index (κ2) is 5.55. The normalized spacial score (nSPS) is 12.3. The largest absolute Gasteiger partial charge is 0.419 e. The minimum absolute atomic E-state index is 0.349. The summed E-state index contributed by atoms with van der Waals surface area (Å²) >= 11 is 10.8. The molecule has 1 aromatic rings. The van der Waals surface area contributed by atoms with Crippen molar-refractivity contribution in [3.05, 3.63) is 34.6 Å². The molecule has 0 aliphatic carbocycles. The molecule has 0 amide bonds. The van der Waals surface area contributed by atoms with Crippen LogP contribution in [0.25, 0.3) is 6.08 Å². The molecule has 0 bridgehead atoms. The first-order valence-electron chi connectivity index (χ1n) is 4.40. The lowest BCUT2D eigenvalue weighted by molar-refractivity contribution is -0.137. The summed E-state index contributed by atoms with van der Waals surface area (Å²) in [5.41, 5.74) is -0.580. The van der Waals surface area contributed by atoms with E-state index in [2.05, 4.69) is 4.98 Å². The number of allylic oxidation sites excluding steroid dienone is 1. The van der Waals surface area contributed by atoms with E-state index in [1.807, 2.05) is 0 Å². The smallest absolute Gasteiger partial charge is 0.243 e. The van der Waals surface area contributed by atoms with Gasteiger partial charge >= 0.3 is 6.18 Å². The molecule has 1 aromatic heterocycles. The van der Waals surface area contributed by atoms with Crippen LogP contribution in [0.15, 0.2) is 18.3 Å². The minimum atomic E-state index is -4.49. The summed E-state index contributed by atoms with van der Waals surface area (Å²) < 4.78 is 37.3. The van der Waals surface area contributed by atoms with E-state index in [4.69, 9.17) is 23.2 Å². The zero-order valence-electron chi connectivity index (χ0n) is 8.06. The molecule has 0 saturated heterocycles. The van der Waals surface area contributed by atoms with Gasteiger partial charge in [0.25, 0.3) is 0 Å². The van der Waals surface area contributed by atoms with E-state index in [-0.39, 0.29) is 0 Å². The summed E-state index contributed by atoms with van der Waals surface area (Å²) in [5, 5.41) is -0.540. The van der Waals surface area contributed by atoms with Crippen LogP contribution in [0.3, 0.4) is 0 Å². The average molecular weight is 270 g/mol. The van der Waals surface area contributed by atoms with Gasteiger partial charge in [-0.25, -0.2) is 4.98 Å². The van der Waals surface area contributed by atoms with Crippen molar-refractivity contribution >= 4 is 29.3 Å². The second-order valence-corrected chi connectivity index (χ2v) is 3.72. The molecule has 0 unspecified atom stereocenters. The van der Waals surface area contributed by atoms with E-state index in [1.165, 1.54) is 12.3 Å². The number of halogens is 5.